The Labute approximate surface area is 121 Å². The summed E-state index contributed by atoms with van der Waals surface area (Å²) in [5, 5.41) is 4.96. The minimum atomic E-state index is -4.53. The van der Waals surface area contributed by atoms with Gasteiger partial charge in [-0.25, -0.2) is 13.6 Å². The molecule has 0 aromatic heterocycles. The molecule has 2 aromatic rings. The van der Waals surface area contributed by atoms with E-state index in [4.69, 9.17) is 5.14 Å². The van der Waals surface area contributed by atoms with Crippen LogP contribution in [0.1, 0.15) is 0 Å². The number of hydrogen-bond donors (Lipinski definition) is 1. The first-order valence-electron chi connectivity index (χ1n) is 5.62. The van der Waals surface area contributed by atoms with Gasteiger partial charge < -0.3 is 0 Å². The Kier molecular flexibility index (Phi) is 3.99. The van der Waals surface area contributed by atoms with Crippen LogP contribution >= 0.6 is 0 Å². The summed E-state index contributed by atoms with van der Waals surface area (Å²) in [5.41, 5.74) is -0.663. The molecule has 2 rings (SSSR count). The molecule has 2 N–H and O–H groups in total. The number of rotatable bonds is 4. The van der Waals surface area contributed by atoms with Gasteiger partial charge in [0.1, 0.15) is 10.6 Å². The van der Waals surface area contributed by atoms with E-state index in [2.05, 4.69) is 0 Å². The van der Waals surface area contributed by atoms with Gasteiger partial charge in [0.2, 0.25) is 10.0 Å². The second kappa shape index (κ2) is 5.43. The number of para-hydroxylation sites is 1. The molecule has 21 heavy (non-hydrogen) atoms. The van der Waals surface area contributed by atoms with E-state index >= 15 is 0 Å². The molecule has 0 heterocycles. The molecular weight excluding hydrogens is 319 g/mol. The molecule has 6 nitrogen and oxygen atoms in total. The zero-order chi connectivity index (χ0) is 15.7. The molecule has 0 saturated heterocycles. The van der Waals surface area contributed by atoms with Gasteiger partial charge in [-0.1, -0.05) is 39.3 Å². The molecule has 0 bridgehead atoms. The third-order valence-corrected chi connectivity index (χ3v) is 5.06. The lowest BCUT2D eigenvalue weighted by atomic mass is 10.3. The highest BCUT2D eigenvalue weighted by atomic mass is 32.2. The number of nitrogens with zero attached hydrogens (tertiary/aromatic N) is 1. The molecule has 0 spiro atoms. The summed E-state index contributed by atoms with van der Waals surface area (Å²) in [5.74, 6) is 0. The van der Waals surface area contributed by atoms with Crippen molar-refractivity contribution in [2.45, 2.75) is 9.79 Å². The largest absolute Gasteiger partial charge is 0.290 e. The topological polar surface area (TPSA) is 97.5 Å². The summed E-state index contributed by atoms with van der Waals surface area (Å²) in [4.78, 5) is -0.927. The normalized spacial score (nSPS) is 12.1. The van der Waals surface area contributed by atoms with Crippen molar-refractivity contribution in [2.24, 2.45) is 5.14 Å². The monoisotopic (exact) mass is 330 g/mol. The van der Waals surface area contributed by atoms with Gasteiger partial charge in [-0.3, -0.25) is 0 Å². The van der Waals surface area contributed by atoms with E-state index in [1.807, 2.05) is 0 Å². The van der Waals surface area contributed by atoms with Crippen LogP contribution in [0.4, 0.5) is 10.2 Å². The fourth-order valence-electron chi connectivity index (χ4n) is 1.66. The highest BCUT2D eigenvalue weighted by Crippen LogP contribution is 2.29. The van der Waals surface area contributed by atoms with Gasteiger partial charge in [-0.15, -0.1) is 0 Å². The Morgan fingerprint density at radius 1 is 0.857 bits per heavy atom. The molecule has 0 unspecified atom stereocenters. The number of hydrogen-bond acceptors (Lipinski definition) is 4. The number of benzene rings is 2. The maximum atomic E-state index is 14.3. The Morgan fingerprint density at radius 2 is 1.38 bits per heavy atom. The smallest absolute Gasteiger partial charge is 0.225 e. The minimum Gasteiger partial charge on any atom is -0.225 e. The van der Waals surface area contributed by atoms with E-state index in [1.54, 1.807) is 6.07 Å². The van der Waals surface area contributed by atoms with Crippen molar-refractivity contribution >= 4 is 25.7 Å². The summed E-state index contributed by atoms with van der Waals surface area (Å²) in [6.07, 6.45) is 0. The van der Waals surface area contributed by atoms with Crippen molar-refractivity contribution in [1.29, 1.82) is 0 Å². The van der Waals surface area contributed by atoms with E-state index in [1.165, 1.54) is 36.4 Å². The molecule has 112 valence electrons. The van der Waals surface area contributed by atoms with E-state index in [0.29, 0.717) is 0 Å². The second-order valence-corrected chi connectivity index (χ2v) is 7.32. The molecule has 2 aromatic carbocycles. The molecule has 0 aliphatic heterocycles. The lowest BCUT2D eigenvalue weighted by molar-refractivity contribution is 0.492. The zero-order valence-corrected chi connectivity index (χ0v) is 12.2. The molecule has 0 amide bonds. The Hall–Kier alpha value is -1.97. The fourth-order valence-corrected chi connectivity index (χ4v) is 3.53. The van der Waals surface area contributed by atoms with Crippen molar-refractivity contribution in [3.8, 4) is 0 Å². The number of anilines is 1. The van der Waals surface area contributed by atoms with E-state index < -0.39 is 35.2 Å². The first-order valence-corrected chi connectivity index (χ1v) is 8.61. The minimum absolute atomic E-state index is 0.309. The lowest BCUT2D eigenvalue weighted by Gasteiger charge is -2.16. The van der Waals surface area contributed by atoms with Gasteiger partial charge in [0.05, 0.1) is 4.90 Å². The fraction of sp³-hybridized carbons (Fsp3) is 0. The lowest BCUT2D eigenvalue weighted by Crippen LogP contribution is -2.25. The van der Waals surface area contributed by atoms with Crippen LogP contribution in [0.5, 0.6) is 0 Å². The number of halogens is 1. The molecule has 0 radical (unpaired) electrons. The van der Waals surface area contributed by atoms with E-state index in [0.717, 1.165) is 12.1 Å². The van der Waals surface area contributed by atoms with Gasteiger partial charge >= 0.3 is 0 Å². The van der Waals surface area contributed by atoms with Crippen LogP contribution in [0.15, 0.2) is 64.4 Å². The van der Waals surface area contributed by atoms with Gasteiger partial charge in [-0.05, 0) is 24.3 Å². The second-order valence-electron chi connectivity index (χ2n) is 4.05. The van der Waals surface area contributed by atoms with Gasteiger partial charge in [0.15, 0.2) is 0 Å². The van der Waals surface area contributed by atoms with E-state index in [9.17, 15) is 21.3 Å². The molecule has 0 aliphatic rings. The van der Waals surface area contributed by atoms with Crippen molar-refractivity contribution in [3.05, 3.63) is 54.6 Å². The summed E-state index contributed by atoms with van der Waals surface area (Å²) in [6, 6.07) is 11.5. The van der Waals surface area contributed by atoms with Gasteiger partial charge in [0, 0.05) is 0 Å². The van der Waals surface area contributed by atoms with Crippen LogP contribution in [0.3, 0.4) is 0 Å². The number of primary sulfonamides is 1. The van der Waals surface area contributed by atoms with E-state index in [-0.39, 0.29) is 4.90 Å². The Balaban J connectivity index is 2.59. The van der Waals surface area contributed by atoms with Crippen molar-refractivity contribution in [2.75, 3.05) is 4.53 Å². The first-order chi connectivity index (χ1) is 9.74. The highest BCUT2D eigenvalue weighted by molar-refractivity contribution is 7.93. The average molecular weight is 330 g/mol. The molecule has 0 fully saturated rings. The molecule has 0 saturated carbocycles. The van der Waals surface area contributed by atoms with Crippen LogP contribution in [0.2, 0.25) is 0 Å². The Morgan fingerprint density at radius 3 is 1.95 bits per heavy atom. The quantitative estimate of drug-likeness (QED) is 0.857. The maximum absolute atomic E-state index is 14.3. The predicted octanol–water partition coefficient (Wildman–Crippen LogP) is 1.41. The molecular formula is C12H11FN2O4S2. The standard InChI is InChI=1S/C12H11FN2O4S2/c13-15(21(18,19)10-6-2-1-3-7-10)11-8-4-5-9-12(11)20(14,16)17/h1-9H,(H2,14,16,17). The van der Waals surface area contributed by atoms with Crippen LogP contribution in [0, 0.1) is 0 Å². The van der Waals surface area contributed by atoms with Gasteiger partial charge in [0.25, 0.3) is 10.0 Å². The van der Waals surface area contributed by atoms with Crippen molar-refractivity contribution < 1.29 is 21.3 Å². The maximum Gasteiger partial charge on any atom is 0.290 e. The number of nitrogens with two attached hydrogens (primary N) is 1. The summed E-state index contributed by atoms with van der Waals surface area (Å²) < 4.78 is 60.8. The van der Waals surface area contributed by atoms with Crippen LogP contribution in [0.25, 0.3) is 0 Å². The Bertz CT molecular complexity index is 852. The molecule has 0 aliphatic carbocycles. The highest BCUT2D eigenvalue weighted by Gasteiger charge is 2.29. The zero-order valence-electron chi connectivity index (χ0n) is 10.5. The summed E-state index contributed by atoms with van der Waals surface area (Å²) in [6.45, 7) is 0. The molecule has 9 heteroatoms. The van der Waals surface area contributed by atoms with Crippen LogP contribution in [-0.4, -0.2) is 16.8 Å². The summed E-state index contributed by atoms with van der Waals surface area (Å²) >= 11 is 0. The van der Waals surface area contributed by atoms with Crippen LogP contribution < -0.4 is 9.67 Å². The van der Waals surface area contributed by atoms with Crippen molar-refractivity contribution in [3.63, 3.8) is 0 Å². The molecule has 0 atom stereocenters. The third kappa shape index (κ3) is 3.04. The third-order valence-electron chi connectivity index (χ3n) is 2.61. The first kappa shape index (κ1) is 15.4. The predicted molar refractivity (Wildman–Crippen MR) is 75.0 cm³/mol. The van der Waals surface area contributed by atoms with Gasteiger partial charge in [-0.2, -0.15) is 8.42 Å². The average Bonchev–Trinajstić information content (AvgIpc) is 2.46. The summed E-state index contributed by atoms with van der Waals surface area (Å²) in [7, 11) is -8.80. The SMILES string of the molecule is NS(=O)(=O)c1ccccc1N(F)S(=O)(=O)c1ccccc1. The van der Waals surface area contributed by atoms with Crippen molar-refractivity contribution in [1.82, 2.24) is 0 Å². The number of sulfonamides is 2. The van der Waals surface area contributed by atoms with Crippen LogP contribution in [-0.2, 0) is 20.0 Å².